The number of benzene rings is 1. The lowest BCUT2D eigenvalue weighted by Gasteiger charge is -2.33. The van der Waals surface area contributed by atoms with E-state index in [1.165, 1.54) is 0 Å². The van der Waals surface area contributed by atoms with Gasteiger partial charge in [-0.05, 0) is 38.0 Å². The number of carbonyl (C=O) groups excluding carboxylic acids is 2. The molecule has 2 N–H and O–H groups in total. The van der Waals surface area contributed by atoms with Crippen LogP contribution in [-0.4, -0.2) is 34.9 Å². The van der Waals surface area contributed by atoms with Gasteiger partial charge in [0.1, 0.15) is 6.04 Å². The Kier molecular flexibility index (Phi) is 3.63. The van der Waals surface area contributed by atoms with E-state index < -0.39 is 0 Å². The molecule has 2 aliphatic rings. The van der Waals surface area contributed by atoms with Gasteiger partial charge in [0.05, 0.1) is 17.1 Å². The number of anilines is 3. The van der Waals surface area contributed by atoms with Gasteiger partial charge < -0.3 is 15.5 Å². The van der Waals surface area contributed by atoms with E-state index in [2.05, 4.69) is 20.6 Å². The van der Waals surface area contributed by atoms with Crippen LogP contribution in [0.2, 0.25) is 0 Å². The fourth-order valence-electron chi connectivity index (χ4n) is 2.99. The monoisotopic (exact) mass is 337 g/mol. The summed E-state index contributed by atoms with van der Waals surface area (Å²) in [5.74, 6) is 0.558. The third-order valence-corrected chi connectivity index (χ3v) is 4.78. The lowest BCUT2D eigenvalue weighted by atomic mass is 10.1. The first-order valence-corrected chi connectivity index (χ1v) is 8.34. The molecule has 4 rings (SSSR count). The summed E-state index contributed by atoms with van der Waals surface area (Å²) in [5, 5.41) is 5.70. The number of fused-ring (bicyclic) bond motifs is 1. The lowest BCUT2D eigenvalue weighted by Crippen LogP contribution is -2.43. The van der Waals surface area contributed by atoms with Crippen LogP contribution in [0.25, 0.3) is 0 Å². The quantitative estimate of drug-likeness (QED) is 0.898. The molecule has 128 valence electrons. The Morgan fingerprint density at radius 3 is 2.80 bits per heavy atom. The van der Waals surface area contributed by atoms with Crippen LogP contribution in [0.3, 0.4) is 0 Å². The highest BCUT2D eigenvalue weighted by molar-refractivity contribution is 6.08. The Balaban J connectivity index is 1.60. The Hall–Kier alpha value is -2.96. The van der Waals surface area contributed by atoms with Gasteiger partial charge in [-0.25, -0.2) is 4.98 Å². The minimum atomic E-state index is -0.263. The highest BCUT2D eigenvalue weighted by Gasteiger charge is 2.30. The highest BCUT2D eigenvalue weighted by atomic mass is 16.2. The molecule has 2 heterocycles. The van der Waals surface area contributed by atoms with Crippen molar-refractivity contribution in [2.45, 2.75) is 31.7 Å². The molecule has 0 radical (unpaired) electrons. The maximum atomic E-state index is 12.6. The number of hydrogen-bond acceptors (Lipinski definition) is 5. The molecule has 1 aromatic heterocycles. The molecule has 2 amide bonds. The fraction of sp³-hybridized carbons (Fsp3) is 0.333. The number of hydrogen-bond donors (Lipinski definition) is 2. The smallest absolute Gasteiger partial charge is 0.256 e. The summed E-state index contributed by atoms with van der Waals surface area (Å²) in [5.41, 5.74) is 2.84. The molecule has 7 heteroatoms. The highest BCUT2D eigenvalue weighted by Crippen LogP contribution is 2.41. The molecule has 1 aliphatic carbocycles. The summed E-state index contributed by atoms with van der Waals surface area (Å²) in [6.07, 6.45) is 5.38. The van der Waals surface area contributed by atoms with E-state index in [0.717, 1.165) is 24.2 Å². The first-order valence-electron chi connectivity index (χ1n) is 8.34. The average Bonchev–Trinajstić information content (AvgIpc) is 3.45. The maximum Gasteiger partial charge on any atom is 0.256 e. The van der Waals surface area contributed by atoms with Gasteiger partial charge in [-0.2, -0.15) is 0 Å². The molecule has 1 fully saturated rings. The minimum absolute atomic E-state index is 0.0856. The number of rotatable bonds is 3. The van der Waals surface area contributed by atoms with E-state index in [1.807, 2.05) is 24.9 Å². The van der Waals surface area contributed by atoms with Crippen LogP contribution in [-0.2, 0) is 4.79 Å². The van der Waals surface area contributed by atoms with Crippen LogP contribution in [0.5, 0.6) is 0 Å². The SMILES string of the molecule is CC1C(=O)Nc2cc(C(=O)Nc3nccnc3C3CC3)ccc2N1C. The topological polar surface area (TPSA) is 87.2 Å². The molecular weight excluding hydrogens is 318 g/mol. The van der Waals surface area contributed by atoms with Crippen LogP contribution >= 0.6 is 0 Å². The fourth-order valence-corrected chi connectivity index (χ4v) is 2.99. The van der Waals surface area contributed by atoms with Crippen molar-refractivity contribution in [1.82, 2.24) is 9.97 Å². The Morgan fingerprint density at radius 1 is 1.28 bits per heavy atom. The summed E-state index contributed by atoms with van der Waals surface area (Å²) in [7, 11) is 1.86. The number of nitrogens with one attached hydrogen (secondary N) is 2. The molecule has 2 aromatic rings. The van der Waals surface area contributed by atoms with E-state index in [9.17, 15) is 9.59 Å². The van der Waals surface area contributed by atoms with Crippen molar-refractivity contribution in [1.29, 1.82) is 0 Å². The number of aromatic nitrogens is 2. The normalized spacial score (nSPS) is 19.2. The predicted octanol–water partition coefficient (Wildman–Crippen LogP) is 2.38. The summed E-state index contributed by atoms with van der Waals surface area (Å²) < 4.78 is 0. The summed E-state index contributed by atoms with van der Waals surface area (Å²) in [4.78, 5) is 35.1. The van der Waals surface area contributed by atoms with E-state index in [-0.39, 0.29) is 17.9 Å². The van der Waals surface area contributed by atoms with Crippen LogP contribution in [0.15, 0.2) is 30.6 Å². The number of nitrogens with zero attached hydrogens (tertiary/aromatic N) is 3. The zero-order valence-corrected chi connectivity index (χ0v) is 14.1. The predicted molar refractivity (Wildman–Crippen MR) is 94.9 cm³/mol. The molecule has 0 spiro atoms. The van der Waals surface area contributed by atoms with Crippen molar-refractivity contribution in [2.24, 2.45) is 0 Å². The van der Waals surface area contributed by atoms with Gasteiger partial charge in [0, 0.05) is 30.9 Å². The molecule has 1 saturated carbocycles. The van der Waals surface area contributed by atoms with E-state index in [0.29, 0.717) is 23.0 Å². The second-order valence-electron chi connectivity index (χ2n) is 6.53. The summed E-state index contributed by atoms with van der Waals surface area (Å²) >= 11 is 0. The third-order valence-electron chi connectivity index (χ3n) is 4.78. The zero-order valence-electron chi connectivity index (χ0n) is 14.1. The van der Waals surface area contributed by atoms with Gasteiger partial charge >= 0.3 is 0 Å². The van der Waals surface area contributed by atoms with Crippen molar-refractivity contribution < 1.29 is 9.59 Å². The van der Waals surface area contributed by atoms with Gasteiger partial charge in [-0.15, -0.1) is 0 Å². The largest absolute Gasteiger partial charge is 0.361 e. The van der Waals surface area contributed by atoms with Gasteiger partial charge in [0.2, 0.25) is 5.91 Å². The Bertz CT molecular complexity index is 862. The van der Waals surface area contributed by atoms with Crippen LogP contribution in [0, 0.1) is 0 Å². The van der Waals surface area contributed by atoms with Gasteiger partial charge in [0.15, 0.2) is 5.82 Å². The molecule has 0 saturated heterocycles. The molecular formula is C18H19N5O2. The van der Waals surface area contributed by atoms with Crippen molar-refractivity contribution in [3.05, 3.63) is 41.9 Å². The van der Waals surface area contributed by atoms with Gasteiger partial charge in [-0.1, -0.05) is 0 Å². The van der Waals surface area contributed by atoms with E-state index >= 15 is 0 Å². The summed E-state index contributed by atoms with van der Waals surface area (Å²) in [6, 6.07) is 5.05. The van der Waals surface area contributed by atoms with Gasteiger partial charge in [0.25, 0.3) is 5.91 Å². The molecule has 25 heavy (non-hydrogen) atoms. The molecule has 1 unspecified atom stereocenters. The first kappa shape index (κ1) is 15.6. The minimum Gasteiger partial charge on any atom is -0.361 e. The second-order valence-corrected chi connectivity index (χ2v) is 6.53. The van der Waals surface area contributed by atoms with Gasteiger partial charge in [-0.3, -0.25) is 14.6 Å². The van der Waals surface area contributed by atoms with Crippen LogP contribution in [0.1, 0.15) is 41.7 Å². The average molecular weight is 337 g/mol. The maximum absolute atomic E-state index is 12.6. The van der Waals surface area contributed by atoms with Crippen molar-refractivity contribution in [2.75, 3.05) is 22.6 Å². The first-order chi connectivity index (χ1) is 12.0. The van der Waals surface area contributed by atoms with Crippen molar-refractivity contribution >= 4 is 29.0 Å². The molecule has 1 aromatic carbocycles. The zero-order chi connectivity index (χ0) is 17.6. The standard InChI is InChI=1S/C18H19N5O2/c1-10-17(24)21-13-9-12(5-6-14(13)23(10)2)18(25)22-16-15(11-3-4-11)19-7-8-20-16/h5-11H,3-4H2,1-2H3,(H,21,24)(H,20,22,25). The third kappa shape index (κ3) is 2.82. The van der Waals surface area contributed by atoms with E-state index in [1.54, 1.807) is 24.5 Å². The summed E-state index contributed by atoms with van der Waals surface area (Å²) in [6.45, 7) is 1.84. The number of carbonyl (C=O) groups is 2. The van der Waals surface area contributed by atoms with Crippen molar-refractivity contribution in [3.63, 3.8) is 0 Å². The Morgan fingerprint density at radius 2 is 2.04 bits per heavy atom. The number of likely N-dealkylation sites (N-methyl/N-ethyl adjacent to an activating group) is 1. The number of amides is 2. The van der Waals surface area contributed by atoms with Crippen molar-refractivity contribution in [3.8, 4) is 0 Å². The second kappa shape index (κ2) is 5.84. The van der Waals surface area contributed by atoms with Crippen LogP contribution < -0.4 is 15.5 Å². The lowest BCUT2D eigenvalue weighted by molar-refractivity contribution is -0.117. The Labute approximate surface area is 145 Å². The van der Waals surface area contributed by atoms with E-state index in [4.69, 9.17) is 0 Å². The molecule has 1 aliphatic heterocycles. The molecule has 0 bridgehead atoms. The molecule has 1 atom stereocenters. The van der Waals surface area contributed by atoms with Crippen LogP contribution in [0.4, 0.5) is 17.2 Å². The molecule has 7 nitrogen and oxygen atoms in total.